The van der Waals surface area contributed by atoms with Crippen molar-refractivity contribution >= 4 is 29.7 Å². The molecule has 0 aromatic heterocycles. The molecule has 1 saturated heterocycles. The molecule has 0 saturated carbocycles. The minimum Gasteiger partial charge on any atom is -0.481 e. The summed E-state index contributed by atoms with van der Waals surface area (Å²) in [4.78, 5) is 60.7. The van der Waals surface area contributed by atoms with Gasteiger partial charge in [0.05, 0.1) is 6.04 Å². The number of nitrogens with one attached hydrogen (secondary N) is 4. The fourth-order valence-electron chi connectivity index (χ4n) is 3.43. The fraction of sp³-hybridized carbons (Fsp3) is 0.762. The van der Waals surface area contributed by atoms with E-state index >= 15 is 0 Å². The first-order valence-corrected chi connectivity index (χ1v) is 11.1. The van der Waals surface area contributed by atoms with Gasteiger partial charge in [0.15, 0.2) is 0 Å². The van der Waals surface area contributed by atoms with Gasteiger partial charge in [0.25, 0.3) is 0 Å². The molecule has 0 radical (unpaired) electrons. The summed E-state index contributed by atoms with van der Waals surface area (Å²) in [5.74, 6) is -4.76. The molecule has 182 valence electrons. The molecule has 5 unspecified atom stereocenters. The van der Waals surface area contributed by atoms with Crippen molar-refractivity contribution in [2.24, 2.45) is 11.8 Å². The normalized spacial score (nSPS) is 19.5. The Labute approximate surface area is 188 Å². The molecule has 0 aromatic rings. The van der Waals surface area contributed by atoms with E-state index in [0.717, 1.165) is 13.0 Å². The van der Waals surface area contributed by atoms with Gasteiger partial charge in [-0.15, -0.1) is 0 Å². The van der Waals surface area contributed by atoms with Crippen molar-refractivity contribution < 1.29 is 34.2 Å². The lowest BCUT2D eigenvalue weighted by atomic mass is 9.97. The van der Waals surface area contributed by atoms with Crippen molar-refractivity contribution in [2.75, 3.05) is 6.54 Å². The summed E-state index contributed by atoms with van der Waals surface area (Å²) in [5, 5.41) is 29.0. The lowest BCUT2D eigenvalue weighted by Crippen LogP contribution is -2.59. The van der Waals surface area contributed by atoms with Gasteiger partial charge in [-0.2, -0.15) is 0 Å². The number of carboxylic acid groups (broad SMARTS) is 2. The Morgan fingerprint density at radius 3 is 2.09 bits per heavy atom. The van der Waals surface area contributed by atoms with Crippen LogP contribution in [0.5, 0.6) is 0 Å². The van der Waals surface area contributed by atoms with Crippen LogP contribution in [0.3, 0.4) is 0 Å². The number of carbonyl (C=O) groups excluding carboxylic acids is 3. The molecule has 5 atom stereocenters. The Morgan fingerprint density at radius 2 is 1.62 bits per heavy atom. The van der Waals surface area contributed by atoms with E-state index in [1.807, 2.05) is 6.92 Å². The summed E-state index contributed by atoms with van der Waals surface area (Å²) in [5.41, 5.74) is 0. The van der Waals surface area contributed by atoms with Crippen molar-refractivity contribution in [1.29, 1.82) is 0 Å². The average Bonchev–Trinajstić information content (AvgIpc) is 3.26. The number of hydrogen-bond acceptors (Lipinski definition) is 6. The van der Waals surface area contributed by atoms with Crippen molar-refractivity contribution in [3.05, 3.63) is 0 Å². The maximum atomic E-state index is 13.0. The van der Waals surface area contributed by atoms with Crippen LogP contribution >= 0.6 is 0 Å². The molecular formula is C21H36N4O7. The number of carboxylic acids is 2. The van der Waals surface area contributed by atoms with Gasteiger partial charge in [-0.05, 0) is 37.6 Å². The van der Waals surface area contributed by atoms with Gasteiger partial charge in [-0.3, -0.25) is 19.2 Å². The molecule has 0 aliphatic carbocycles. The molecule has 1 fully saturated rings. The zero-order valence-corrected chi connectivity index (χ0v) is 19.1. The zero-order chi connectivity index (χ0) is 24.4. The maximum absolute atomic E-state index is 13.0. The summed E-state index contributed by atoms with van der Waals surface area (Å²) in [6.45, 7) is 7.61. The van der Waals surface area contributed by atoms with E-state index in [4.69, 9.17) is 5.11 Å². The maximum Gasteiger partial charge on any atom is 0.326 e. The first-order chi connectivity index (χ1) is 15.0. The Morgan fingerprint density at radius 1 is 0.969 bits per heavy atom. The van der Waals surface area contributed by atoms with E-state index in [9.17, 15) is 29.1 Å². The summed E-state index contributed by atoms with van der Waals surface area (Å²) >= 11 is 0. The van der Waals surface area contributed by atoms with E-state index < -0.39 is 54.2 Å². The topological polar surface area (TPSA) is 174 Å². The number of rotatable bonds is 13. The Hall–Kier alpha value is -2.69. The zero-order valence-electron chi connectivity index (χ0n) is 19.1. The second-order valence-corrected chi connectivity index (χ2v) is 8.58. The van der Waals surface area contributed by atoms with Crippen LogP contribution in [-0.2, 0) is 24.0 Å². The Kier molecular flexibility index (Phi) is 11.1. The standard InChI is InChI=1S/C21H36N4O7/c1-5-12(4)17(25-18(28)13-7-6-10-22-13)20(30)23-14(8-9-15(26)27)19(29)24-16(11(2)3)21(31)32/h11-14,16-17,22H,5-10H2,1-4H3,(H,23,30)(H,24,29)(H,25,28)(H,26,27)(H,31,32). The number of hydrogen-bond donors (Lipinski definition) is 6. The predicted octanol–water partition coefficient (Wildman–Crippen LogP) is -0.156. The van der Waals surface area contributed by atoms with Crippen LogP contribution in [0.15, 0.2) is 0 Å². The molecule has 6 N–H and O–H groups in total. The van der Waals surface area contributed by atoms with Crippen LogP contribution in [0.25, 0.3) is 0 Å². The Bertz CT molecular complexity index is 692. The quantitative estimate of drug-likeness (QED) is 0.222. The van der Waals surface area contributed by atoms with Crippen LogP contribution in [0, 0.1) is 11.8 Å². The van der Waals surface area contributed by atoms with Gasteiger partial charge in [-0.25, -0.2) is 4.79 Å². The molecule has 1 aliphatic heterocycles. The third-order valence-electron chi connectivity index (χ3n) is 5.68. The molecular weight excluding hydrogens is 420 g/mol. The van der Waals surface area contributed by atoms with Crippen molar-refractivity contribution in [3.8, 4) is 0 Å². The number of aliphatic carboxylic acids is 2. The minimum absolute atomic E-state index is 0.220. The van der Waals surface area contributed by atoms with E-state index in [0.29, 0.717) is 12.8 Å². The van der Waals surface area contributed by atoms with Gasteiger partial charge in [0.2, 0.25) is 17.7 Å². The highest BCUT2D eigenvalue weighted by atomic mass is 16.4. The van der Waals surface area contributed by atoms with Gasteiger partial charge < -0.3 is 31.5 Å². The Balaban J connectivity index is 2.97. The lowest BCUT2D eigenvalue weighted by molar-refractivity contribution is -0.144. The third-order valence-corrected chi connectivity index (χ3v) is 5.68. The molecule has 1 heterocycles. The minimum atomic E-state index is -1.26. The van der Waals surface area contributed by atoms with Crippen LogP contribution in [-0.4, -0.2) is 70.6 Å². The van der Waals surface area contributed by atoms with Crippen LogP contribution in [0.2, 0.25) is 0 Å². The lowest BCUT2D eigenvalue weighted by Gasteiger charge is -2.28. The molecule has 3 amide bonds. The van der Waals surface area contributed by atoms with Gasteiger partial charge in [0, 0.05) is 6.42 Å². The second kappa shape index (κ2) is 13.0. The predicted molar refractivity (Wildman–Crippen MR) is 116 cm³/mol. The molecule has 0 spiro atoms. The first-order valence-electron chi connectivity index (χ1n) is 11.1. The van der Waals surface area contributed by atoms with Crippen molar-refractivity contribution in [3.63, 3.8) is 0 Å². The third kappa shape index (κ3) is 8.45. The fourth-order valence-corrected chi connectivity index (χ4v) is 3.43. The molecule has 1 rings (SSSR count). The summed E-state index contributed by atoms with van der Waals surface area (Å²) in [6, 6.07) is -3.75. The van der Waals surface area contributed by atoms with Crippen molar-refractivity contribution in [2.45, 2.75) is 84.0 Å². The van der Waals surface area contributed by atoms with E-state index in [1.54, 1.807) is 20.8 Å². The van der Waals surface area contributed by atoms with Crippen molar-refractivity contribution in [1.82, 2.24) is 21.3 Å². The van der Waals surface area contributed by atoms with E-state index in [1.165, 1.54) is 0 Å². The molecule has 32 heavy (non-hydrogen) atoms. The highest BCUT2D eigenvalue weighted by Crippen LogP contribution is 2.12. The average molecular weight is 457 g/mol. The highest BCUT2D eigenvalue weighted by Gasteiger charge is 2.34. The van der Waals surface area contributed by atoms with Crippen LogP contribution in [0.1, 0.15) is 59.8 Å². The van der Waals surface area contributed by atoms with Gasteiger partial charge in [-0.1, -0.05) is 34.1 Å². The molecule has 0 aromatic carbocycles. The first kappa shape index (κ1) is 27.3. The van der Waals surface area contributed by atoms with E-state index in [-0.39, 0.29) is 24.3 Å². The second-order valence-electron chi connectivity index (χ2n) is 8.58. The van der Waals surface area contributed by atoms with Crippen LogP contribution < -0.4 is 21.3 Å². The molecule has 0 bridgehead atoms. The summed E-state index contributed by atoms with van der Waals surface area (Å²) in [7, 11) is 0. The summed E-state index contributed by atoms with van der Waals surface area (Å²) < 4.78 is 0. The largest absolute Gasteiger partial charge is 0.481 e. The monoisotopic (exact) mass is 456 g/mol. The van der Waals surface area contributed by atoms with Crippen LogP contribution in [0.4, 0.5) is 0 Å². The van der Waals surface area contributed by atoms with Gasteiger partial charge >= 0.3 is 11.9 Å². The molecule has 1 aliphatic rings. The number of carbonyl (C=O) groups is 5. The molecule has 11 nitrogen and oxygen atoms in total. The SMILES string of the molecule is CCC(C)C(NC(=O)C1CCCN1)C(=O)NC(CCC(=O)O)C(=O)NC(C(=O)O)C(C)C. The summed E-state index contributed by atoms with van der Waals surface area (Å²) in [6.07, 6.45) is 1.48. The highest BCUT2D eigenvalue weighted by molar-refractivity contribution is 5.94. The van der Waals surface area contributed by atoms with Gasteiger partial charge in [0.1, 0.15) is 18.1 Å². The smallest absolute Gasteiger partial charge is 0.326 e. The number of amides is 3. The van der Waals surface area contributed by atoms with E-state index in [2.05, 4.69) is 21.3 Å². The molecule has 11 heteroatoms.